The van der Waals surface area contributed by atoms with Crippen molar-refractivity contribution in [2.24, 2.45) is 0 Å². The van der Waals surface area contributed by atoms with Gasteiger partial charge in [-0.05, 0) is 49.6 Å². The number of hydrogen-bond donors (Lipinski definition) is 2. The summed E-state index contributed by atoms with van der Waals surface area (Å²) in [4.78, 5) is 4.46. The predicted molar refractivity (Wildman–Crippen MR) is 98.5 cm³/mol. The summed E-state index contributed by atoms with van der Waals surface area (Å²) in [5, 5.41) is 15.1. The zero-order valence-electron chi connectivity index (χ0n) is 13.8. The maximum absolute atomic E-state index is 6.14. The van der Waals surface area contributed by atoms with Gasteiger partial charge in [0.15, 0.2) is 5.82 Å². The van der Waals surface area contributed by atoms with Crippen molar-refractivity contribution in [3.63, 3.8) is 0 Å². The molecule has 0 amide bonds. The first kappa shape index (κ1) is 16.2. The van der Waals surface area contributed by atoms with Crippen molar-refractivity contribution in [2.75, 3.05) is 10.6 Å². The van der Waals surface area contributed by atoms with E-state index in [0.717, 1.165) is 28.1 Å². The number of aryl methyl sites for hydroxylation is 3. The van der Waals surface area contributed by atoms with Gasteiger partial charge in [0, 0.05) is 16.4 Å². The van der Waals surface area contributed by atoms with Crippen LogP contribution in [-0.2, 0) is 0 Å². The first-order chi connectivity index (χ1) is 11.5. The van der Waals surface area contributed by atoms with E-state index in [1.54, 1.807) is 6.20 Å². The molecule has 122 valence electrons. The molecule has 0 atom stereocenters. The molecule has 2 N–H and O–H groups in total. The Bertz CT molecular complexity index is 859. The van der Waals surface area contributed by atoms with Gasteiger partial charge in [-0.25, -0.2) is 0 Å². The molecule has 0 aliphatic rings. The van der Waals surface area contributed by atoms with Crippen LogP contribution in [0.1, 0.15) is 16.7 Å². The van der Waals surface area contributed by atoms with Crippen molar-refractivity contribution in [2.45, 2.75) is 20.8 Å². The molecule has 0 unspecified atom stereocenters. The number of aromatic nitrogens is 3. The van der Waals surface area contributed by atoms with Crippen LogP contribution in [0.15, 0.2) is 42.6 Å². The maximum Gasteiger partial charge on any atom is 0.249 e. The Balaban J connectivity index is 1.82. The van der Waals surface area contributed by atoms with Gasteiger partial charge >= 0.3 is 0 Å². The van der Waals surface area contributed by atoms with E-state index in [4.69, 9.17) is 11.6 Å². The van der Waals surface area contributed by atoms with Crippen LogP contribution < -0.4 is 10.6 Å². The van der Waals surface area contributed by atoms with Gasteiger partial charge < -0.3 is 10.6 Å². The highest BCUT2D eigenvalue weighted by Crippen LogP contribution is 2.24. The summed E-state index contributed by atoms with van der Waals surface area (Å²) < 4.78 is 0. The normalized spacial score (nSPS) is 10.5. The van der Waals surface area contributed by atoms with Crippen LogP contribution in [0.3, 0.4) is 0 Å². The quantitative estimate of drug-likeness (QED) is 0.705. The predicted octanol–water partition coefficient (Wildman–Crippen LogP) is 4.94. The molecule has 3 aromatic rings. The van der Waals surface area contributed by atoms with Crippen molar-refractivity contribution < 1.29 is 0 Å². The van der Waals surface area contributed by atoms with Gasteiger partial charge in [-0.2, -0.15) is 10.1 Å². The molecule has 0 fully saturated rings. The third-order valence-corrected chi connectivity index (χ3v) is 4.13. The molecule has 0 saturated heterocycles. The van der Waals surface area contributed by atoms with Gasteiger partial charge in [0.25, 0.3) is 0 Å². The van der Waals surface area contributed by atoms with Crippen molar-refractivity contribution >= 4 is 34.7 Å². The van der Waals surface area contributed by atoms with Gasteiger partial charge in [-0.1, -0.05) is 35.9 Å². The zero-order chi connectivity index (χ0) is 17.1. The average molecular weight is 340 g/mol. The molecular formula is C18H18ClN5. The van der Waals surface area contributed by atoms with E-state index in [9.17, 15) is 0 Å². The van der Waals surface area contributed by atoms with E-state index in [1.807, 2.05) is 31.2 Å². The van der Waals surface area contributed by atoms with Crippen LogP contribution in [0.2, 0.25) is 5.02 Å². The first-order valence-electron chi connectivity index (χ1n) is 7.59. The molecule has 0 radical (unpaired) electrons. The topological polar surface area (TPSA) is 62.7 Å². The molecule has 24 heavy (non-hydrogen) atoms. The summed E-state index contributed by atoms with van der Waals surface area (Å²) >= 11 is 6.14. The van der Waals surface area contributed by atoms with Crippen molar-refractivity contribution in [1.82, 2.24) is 15.2 Å². The number of para-hydroxylation sites is 1. The minimum atomic E-state index is 0.408. The number of anilines is 4. The summed E-state index contributed by atoms with van der Waals surface area (Å²) in [5.74, 6) is 1.04. The third-order valence-electron chi connectivity index (χ3n) is 3.72. The summed E-state index contributed by atoms with van der Waals surface area (Å²) in [6.45, 7) is 6.06. The Morgan fingerprint density at radius 3 is 2.38 bits per heavy atom. The molecule has 0 bridgehead atoms. The van der Waals surface area contributed by atoms with Crippen molar-refractivity contribution in [3.8, 4) is 0 Å². The van der Waals surface area contributed by atoms with E-state index in [1.165, 1.54) is 0 Å². The van der Waals surface area contributed by atoms with Crippen LogP contribution in [0.4, 0.5) is 23.1 Å². The molecule has 0 aliphatic carbocycles. The van der Waals surface area contributed by atoms with E-state index in [-0.39, 0.29) is 0 Å². The molecule has 5 nitrogen and oxygen atoms in total. The second kappa shape index (κ2) is 6.84. The lowest BCUT2D eigenvalue weighted by atomic mass is 10.1. The smallest absolute Gasteiger partial charge is 0.249 e. The lowest BCUT2D eigenvalue weighted by molar-refractivity contribution is 0.982. The monoisotopic (exact) mass is 339 g/mol. The highest BCUT2D eigenvalue weighted by Gasteiger charge is 2.06. The third kappa shape index (κ3) is 3.63. The minimum Gasteiger partial charge on any atom is -0.338 e. The summed E-state index contributed by atoms with van der Waals surface area (Å²) in [6.07, 6.45) is 1.60. The first-order valence-corrected chi connectivity index (χ1v) is 7.97. The van der Waals surface area contributed by atoms with Crippen LogP contribution >= 0.6 is 11.6 Å². The molecule has 3 rings (SSSR count). The molecule has 0 spiro atoms. The van der Waals surface area contributed by atoms with Gasteiger partial charge in [-0.3, -0.25) is 0 Å². The molecular weight excluding hydrogens is 322 g/mol. The molecule has 2 aromatic carbocycles. The number of halogens is 1. The van der Waals surface area contributed by atoms with Crippen LogP contribution in [0, 0.1) is 20.8 Å². The second-order valence-electron chi connectivity index (χ2n) is 5.65. The summed E-state index contributed by atoms with van der Waals surface area (Å²) in [5.41, 5.74) is 5.16. The number of nitrogens with one attached hydrogen (secondary N) is 2. The number of rotatable bonds is 4. The summed E-state index contributed by atoms with van der Waals surface area (Å²) in [6, 6.07) is 11.8. The van der Waals surface area contributed by atoms with Gasteiger partial charge in [0.1, 0.15) is 0 Å². The van der Waals surface area contributed by atoms with Crippen molar-refractivity contribution in [1.29, 1.82) is 0 Å². The summed E-state index contributed by atoms with van der Waals surface area (Å²) in [7, 11) is 0. The lowest BCUT2D eigenvalue weighted by Crippen LogP contribution is -2.04. The van der Waals surface area contributed by atoms with Gasteiger partial charge in [0.05, 0.1) is 6.20 Å². The Hall–Kier alpha value is -2.66. The fourth-order valence-electron chi connectivity index (χ4n) is 2.36. The molecule has 1 aromatic heterocycles. The van der Waals surface area contributed by atoms with Crippen LogP contribution in [0.5, 0.6) is 0 Å². The highest BCUT2D eigenvalue weighted by atomic mass is 35.5. The number of benzene rings is 2. The maximum atomic E-state index is 6.14. The Morgan fingerprint density at radius 2 is 1.67 bits per heavy atom. The van der Waals surface area contributed by atoms with E-state index < -0.39 is 0 Å². The minimum absolute atomic E-state index is 0.408. The van der Waals surface area contributed by atoms with Crippen LogP contribution in [-0.4, -0.2) is 15.2 Å². The van der Waals surface area contributed by atoms with E-state index in [2.05, 4.69) is 51.8 Å². The van der Waals surface area contributed by atoms with Gasteiger partial charge in [-0.15, -0.1) is 5.10 Å². The SMILES string of the molecule is Cc1ccc(Nc2nncc(Nc3c(C)cccc3C)n2)cc1Cl. The molecule has 0 aliphatic heterocycles. The van der Waals surface area contributed by atoms with E-state index >= 15 is 0 Å². The Labute approximate surface area is 146 Å². The van der Waals surface area contributed by atoms with E-state index in [0.29, 0.717) is 16.8 Å². The fourth-order valence-corrected chi connectivity index (χ4v) is 2.54. The Morgan fingerprint density at radius 1 is 0.917 bits per heavy atom. The second-order valence-corrected chi connectivity index (χ2v) is 6.05. The Kier molecular flexibility index (Phi) is 4.62. The molecule has 6 heteroatoms. The number of hydrogen-bond acceptors (Lipinski definition) is 5. The lowest BCUT2D eigenvalue weighted by Gasteiger charge is -2.12. The van der Waals surface area contributed by atoms with Crippen LogP contribution in [0.25, 0.3) is 0 Å². The average Bonchev–Trinajstić information content (AvgIpc) is 2.55. The fraction of sp³-hybridized carbons (Fsp3) is 0.167. The van der Waals surface area contributed by atoms with Gasteiger partial charge in [0.2, 0.25) is 5.95 Å². The number of nitrogens with zero attached hydrogens (tertiary/aromatic N) is 3. The molecule has 0 saturated carbocycles. The standard InChI is InChI=1S/C18H18ClN5/c1-11-7-8-14(9-15(11)19)21-18-23-16(10-20-24-18)22-17-12(2)5-4-6-13(17)3/h4-10H,1-3H3,(H2,21,22,23,24). The highest BCUT2D eigenvalue weighted by molar-refractivity contribution is 6.31. The van der Waals surface area contributed by atoms with Crippen molar-refractivity contribution in [3.05, 3.63) is 64.3 Å². The largest absolute Gasteiger partial charge is 0.338 e. The molecule has 1 heterocycles. The zero-order valence-corrected chi connectivity index (χ0v) is 14.5.